The van der Waals surface area contributed by atoms with Crippen LogP contribution in [0.4, 0.5) is 0 Å². The topological polar surface area (TPSA) is 49.4 Å². The number of hydrogen-bond acceptors (Lipinski definition) is 2. The van der Waals surface area contributed by atoms with Crippen molar-refractivity contribution in [1.29, 1.82) is 0 Å². The predicted octanol–water partition coefficient (Wildman–Crippen LogP) is 0.912. The van der Waals surface area contributed by atoms with Gasteiger partial charge in [0, 0.05) is 5.54 Å². The van der Waals surface area contributed by atoms with Crippen molar-refractivity contribution >= 4 is 11.8 Å². The third-order valence-corrected chi connectivity index (χ3v) is 3.55. The SMILES string of the molecule is CCC(C)(CC)N1C(=O)CNC(=O)C1C. The van der Waals surface area contributed by atoms with Gasteiger partial charge in [-0.15, -0.1) is 0 Å². The number of nitrogens with one attached hydrogen (secondary N) is 1. The molecule has 15 heavy (non-hydrogen) atoms. The van der Waals surface area contributed by atoms with Crippen LogP contribution in [-0.2, 0) is 9.59 Å². The van der Waals surface area contributed by atoms with Crippen LogP contribution in [0.5, 0.6) is 0 Å². The Bertz CT molecular complexity index is 272. The summed E-state index contributed by atoms with van der Waals surface area (Å²) in [6.45, 7) is 8.07. The molecule has 0 radical (unpaired) electrons. The van der Waals surface area contributed by atoms with Gasteiger partial charge in [-0.25, -0.2) is 0 Å². The molecule has 86 valence electrons. The molecule has 0 aromatic rings. The highest BCUT2D eigenvalue weighted by atomic mass is 16.2. The summed E-state index contributed by atoms with van der Waals surface area (Å²) in [6, 6.07) is -0.351. The Morgan fingerprint density at radius 3 is 2.40 bits per heavy atom. The molecule has 1 fully saturated rings. The zero-order valence-electron chi connectivity index (χ0n) is 9.96. The first-order valence-corrected chi connectivity index (χ1v) is 5.56. The van der Waals surface area contributed by atoms with Crippen LogP contribution in [-0.4, -0.2) is 34.8 Å². The molecule has 4 heteroatoms. The summed E-state index contributed by atoms with van der Waals surface area (Å²) >= 11 is 0. The molecular formula is C11H20N2O2. The lowest BCUT2D eigenvalue weighted by molar-refractivity contribution is -0.152. The van der Waals surface area contributed by atoms with Crippen LogP contribution in [0.25, 0.3) is 0 Å². The van der Waals surface area contributed by atoms with Gasteiger partial charge in [0.1, 0.15) is 6.04 Å². The van der Waals surface area contributed by atoms with E-state index in [1.54, 1.807) is 11.8 Å². The van der Waals surface area contributed by atoms with Crippen molar-refractivity contribution in [1.82, 2.24) is 10.2 Å². The van der Waals surface area contributed by atoms with E-state index >= 15 is 0 Å². The van der Waals surface area contributed by atoms with Crippen molar-refractivity contribution < 1.29 is 9.59 Å². The van der Waals surface area contributed by atoms with Gasteiger partial charge in [0.05, 0.1) is 6.54 Å². The fourth-order valence-corrected chi connectivity index (χ4v) is 2.09. The van der Waals surface area contributed by atoms with Crippen LogP contribution in [0.1, 0.15) is 40.5 Å². The third-order valence-electron chi connectivity index (χ3n) is 3.55. The lowest BCUT2D eigenvalue weighted by atomic mass is 9.90. The van der Waals surface area contributed by atoms with E-state index in [-0.39, 0.29) is 29.9 Å². The molecule has 4 nitrogen and oxygen atoms in total. The molecule has 1 N–H and O–H groups in total. The highest BCUT2D eigenvalue weighted by Crippen LogP contribution is 2.27. The highest BCUT2D eigenvalue weighted by Gasteiger charge is 2.40. The van der Waals surface area contributed by atoms with Gasteiger partial charge in [-0.3, -0.25) is 9.59 Å². The molecule has 1 aliphatic rings. The minimum absolute atomic E-state index is 0.0216. The predicted molar refractivity (Wildman–Crippen MR) is 58.3 cm³/mol. The molecule has 0 aliphatic carbocycles. The van der Waals surface area contributed by atoms with Crippen molar-refractivity contribution in [2.45, 2.75) is 52.1 Å². The Labute approximate surface area is 91.0 Å². The summed E-state index contributed by atoms with van der Waals surface area (Å²) in [5, 5.41) is 2.60. The van der Waals surface area contributed by atoms with E-state index in [4.69, 9.17) is 0 Å². The average Bonchev–Trinajstić information content (AvgIpc) is 2.23. The molecule has 1 aliphatic heterocycles. The number of carbonyl (C=O) groups is 2. The quantitative estimate of drug-likeness (QED) is 0.756. The molecule has 0 bridgehead atoms. The molecule has 1 atom stereocenters. The lowest BCUT2D eigenvalue weighted by Gasteiger charge is -2.45. The second-order valence-electron chi connectivity index (χ2n) is 4.36. The van der Waals surface area contributed by atoms with Gasteiger partial charge in [0.2, 0.25) is 11.8 Å². The summed E-state index contributed by atoms with van der Waals surface area (Å²) < 4.78 is 0. The second kappa shape index (κ2) is 4.21. The van der Waals surface area contributed by atoms with Crippen LogP contribution >= 0.6 is 0 Å². The van der Waals surface area contributed by atoms with Crippen molar-refractivity contribution in [3.05, 3.63) is 0 Å². The van der Waals surface area contributed by atoms with Crippen LogP contribution in [0, 0.1) is 0 Å². The van der Waals surface area contributed by atoms with Gasteiger partial charge in [-0.05, 0) is 26.7 Å². The molecular weight excluding hydrogens is 192 g/mol. The molecule has 0 aromatic carbocycles. The van der Waals surface area contributed by atoms with Crippen molar-refractivity contribution in [3.8, 4) is 0 Å². The number of piperazine rings is 1. The van der Waals surface area contributed by atoms with Gasteiger partial charge < -0.3 is 10.2 Å². The first-order valence-electron chi connectivity index (χ1n) is 5.56. The maximum absolute atomic E-state index is 11.8. The highest BCUT2D eigenvalue weighted by molar-refractivity contribution is 5.95. The van der Waals surface area contributed by atoms with Crippen molar-refractivity contribution in [2.75, 3.05) is 6.54 Å². The van der Waals surface area contributed by atoms with Gasteiger partial charge in [0.25, 0.3) is 0 Å². The monoisotopic (exact) mass is 212 g/mol. The van der Waals surface area contributed by atoms with Crippen LogP contribution < -0.4 is 5.32 Å². The van der Waals surface area contributed by atoms with Crippen LogP contribution in [0.3, 0.4) is 0 Å². The van der Waals surface area contributed by atoms with E-state index in [1.165, 1.54) is 0 Å². The number of carbonyl (C=O) groups excluding carboxylic acids is 2. The number of rotatable bonds is 3. The van der Waals surface area contributed by atoms with E-state index in [0.717, 1.165) is 12.8 Å². The summed E-state index contributed by atoms with van der Waals surface area (Å²) in [5.74, 6) is -0.0315. The standard InChI is InChI=1S/C11H20N2O2/c1-5-11(4,6-2)13-8(3)10(15)12-7-9(13)14/h8H,5-7H2,1-4H3,(H,12,15). The summed E-state index contributed by atoms with van der Waals surface area (Å²) in [7, 11) is 0. The molecule has 0 aromatic heterocycles. The van der Waals surface area contributed by atoms with E-state index in [1.807, 2.05) is 6.92 Å². The van der Waals surface area contributed by atoms with E-state index in [2.05, 4.69) is 19.2 Å². The lowest BCUT2D eigenvalue weighted by Crippen LogP contribution is -2.64. The van der Waals surface area contributed by atoms with Crippen molar-refractivity contribution in [2.24, 2.45) is 0 Å². The first kappa shape index (κ1) is 12.0. The van der Waals surface area contributed by atoms with Gasteiger partial charge in [0.15, 0.2) is 0 Å². The molecule has 1 heterocycles. The summed E-state index contributed by atoms with van der Waals surface area (Å²) in [4.78, 5) is 25.1. The Morgan fingerprint density at radius 1 is 1.40 bits per heavy atom. The first-order chi connectivity index (χ1) is 6.96. The Hall–Kier alpha value is -1.06. The maximum Gasteiger partial charge on any atom is 0.243 e. The molecule has 1 unspecified atom stereocenters. The van der Waals surface area contributed by atoms with Gasteiger partial charge in [-0.2, -0.15) is 0 Å². The third kappa shape index (κ3) is 1.98. The fourth-order valence-electron chi connectivity index (χ4n) is 2.09. The molecule has 1 rings (SSSR count). The largest absolute Gasteiger partial charge is 0.345 e. The van der Waals surface area contributed by atoms with Gasteiger partial charge in [-0.1, -0.05) is 13.8 Å². The summed E-state index contributed by atoms with van der Waals surface area (Å²) in [5.41, 5.74) is -0.200. The normalized spacial score (nSPS) is 22.9. The molecule has 0 saturated carbocycles. The summed E-state index contributed by atoms with van der Waals surface area (Å²) in [6.07, 6.45) is 1.74. The smallest absolute Gasteiger partial charge is 0.243 e. The van der Waals surface area contributed by atoms with Crippen LogP contribution in [0.15, 0.2) is 0 Å². The molecule has 2 amide bonds. The zero-order chi connectivity index (χ0) is 11.6. The van der Waals surface area contributed by atoms with Crippen molar-refractivity contribution in [3.63, 3.8) is 0 Å². The maximum atomic E-state index is 11.8. The number of hydrogen-bond donors (Lipinski definition) is 1. The minimum atomic E-state index is -0.351. The molecule has 0 spiro atoms. The van der Waals surface area contributed by atoms with E-state index in [0.29, 0.717) is 0 Å². The number of nitrogens with zero attached hydrogens (tertiary/aromatic N) is 1. The fraction of sp³-hybridized carbons (Fsp3) is 0.818. The molecule has 1 saturated heterocycles. The second-order valence-corrected chi connectivity index (χ2v) is 4.36. The average molecular weight is 212 g/mol. The Balaban J connectivity index is 2.98. The van der Waals surface area contributed by atoms with E-state index < -0.39 is 0 Å². The Kier molecular flexibility index (Phi) is 3.37. The zero-order valence-corrected chi connectivity index (χ0v) is 9.96. The van der Waals surface area contributed by atoms with E-state index in [9.17, 15) is 9.59 Å². The number of amides is 2. The minimum Gasteiger partial charge on any atom is -0.345 e. The Morgan fingerprint density at radius 2 is 1.93 bits per heavy atom. The van der Waals surface area contributed by atoms with Crippen LogP contribution in [0.2, 0.25) is 0 Å². The van der Waals surface area contributed by atoms with Gasteiger partial charge >= 0.3 is 0 Å².